The molecule has 1 aliphatic rings. The van der Waals surface area contributed by atoms with Gasteiger partial charge in [-0.25, -0.2) is 0 Å². The molecular formula is C15H19BrO3. The summed E-state index contributed by atoms with van der Waals surface area (Å²) in [6.45, 7) is 0. The maximum absolute atomic E-state index is 11.4. The molecule has 0 saturated heterocycles. The standard InChI is InChI=1S/C15H19BrO3/c16-13-5-3-4-11(9-13)8-12(14(17)18)10-15(19)6-1-2-7-15/h3-5,9,12,19H,1-2,6-8,10H2,(H,17,18). The van der Waals surface area contributed by atoms with Crippen molar-refractivity contribution in [3.05, 3.63) is 34.3 Å². The molecule has 0 amide bonds. The quantitative estimate of drug-likeness (QED) is 0.872. The SMILES string of the molecule is O=C(O)C(Cc1cccc(Br)c1)CC1(O)CCCC1. The van der Waals surface area contributed by atoms with Crippen molar-refractivity contribution < 1.29 is 15.0 Å². The first kappa shape index (κ1) is 14.5. The van der Waals surface area contributed by atoms with Gasteiger partial charge in [0.1, 0.15) is 0 Å². The number of halogens is 1. The van der Waals surface area contributed by atoms with Crippen LogP contribution in [-0.2, 0) is 11.2 Å². The summed E-state index contributed by atoms with van der Waals surface area (Å²) in [5.41, 5.74) is 0.220. The molecular weight excluding hydrogens is 308 g/mol. The molecule has 1 aliphatic carbocycles. The predicted octanol–water partition coefficient (Wildman–Crippen LogP) is 3.39. The van der Waals surface area contributed by atoms with Gasteiger partial charge in [-0.15, -0.1) is 0 Å². The normalized spacial score (nSPS) is 19.3. The van der Waals surface area contributed by atoms with Crippen molar-refractivity contribution >= 4 is 21.9 Å². The van der Waals surface area contributed by atoms with Crippen LogP contribution in [0.15, 0.2) is 28.7 Å². The van der Waals surface area contributed by atoms with E-state index < -0.39 is 17.5 Å². The molecule has 0 radical (unpaired) electrons. The summed E-state index contributed by atoms with van der Waals surface area (Å²) in [5.74, 6) is -1.34. The minimum absolute atomic E-state index is 0.356. The zero-order valence-corrected chi connectivity index (χ0v) is 12.4. The minimum atomic E-state index is -0.819. The van der Waals surface area contributed by atoms with Crippen LogP contribution in [0.3, 0.4) is 0 Å². The summed E-state index contributed by atoms with van der Waals surface area (Å²) in [6, 6.07) is 7.69. The van der Waals surface area contributed by atoms with Crippen LogP contribution in [0.1, 0.15) is 37.7 Å². The van der Waals surface area contributed by atoms with Crippen molar-refractivity contribution in [3.63, 3.8) is 0 Å². The minimum Gasteiger partial charge on any atom is -0.481 e. The van der Waals surface area contributed by atoms with Crippen LogP contribution in [-0.4, -0.2) is 21.8 Å². The van der Waals surface area contributed by atoms with Gasteiger partial charge < -0.3 is 10.2 Å². The molecule has 1 unspecified atom stereocenters. The number of hydrogen-bond acceptors (Lipinski definition) is 2. The third-order valence-corrected chi connectivity index (χ3v) is 4.37. The predicted molar refractivity (Wildman–Crippen MR) is 77.0 cm³/mol. The maximum Gasteiger partial charge on any atom is 0.306 e. The van der Waals surface area contributed by atoms with E-state index in [1.807, 2.05) is 24.3 Å². The molecule has 0 aliphatic heterocycles. The van der Waals surface area contributed by atoms with Crippen molar-refractivity contribution in [2.24, 2.45) is 5.92 Å². The Morgan fingerprint density at radius 2 is 2.05 bits per heavy atom. The van der Waals surface area contributed by atoms with Gasteiger partial charge >= 0.3 is 5.97 Å². The van der Waals surface area contributed by atoms with Gasteiger partial charge in [-0.1, -0.05) is 40.9 Å². The molecule has 3 nitrogen and oxygen atoms in total. The molecule has 0 spiro atoms. The van der Waals surface area contributed by atoms with Gasteiger partial charge in [0.05, 0.1) is 11.5 Å². The van der Waals surface area contributed by atoms with Crippen molar-refractivity contribution in [3.8, 4) is 0 Å². The topological polar surface area (TPSA) is 57.5 Å². The van der Waals surface area contributed by atoms with Gasteiger partial charge in [-0.2, -0.15) is 0 Å². The lowest BCUT2D eigenvalue weighted by molar-refractivity contribution is -0.144. The molecule has 4 heteroatoms. The van der Waals surface area contributed by atoms with E-state index in [9.17, 15) is 15.0 Å². The first-order chi connectivity index (χ1) is 8.98. The Balaban J connectivity index is 2.06. The van der Waals surface area contributed by atoms with Gasteiger partial charge in [0.15, 0.2) is 0 Å². The number of carboxylic acid groups (broad SMARTS) is 1. The number of aliphatic hydroxyl groups is 1. The van der Waals surface area contributed by atoms with E-state index in [0.29, 0.717) is 12.8 Å². The highest BCUT2D eigenvalue weighted by atomic mass is 79.9. The van der Waals surface area contributed by atoms with Gasteiger partial charge in [0.2, 0.25) is 0 Å². The summed E-state index contributed by atoms with van der Waals surface area (Å²) in [5, 5.41) is 19.7. The first-order valence-corrected chi connectivity index (χ1v) is 7.47. The Labute approximate surface area is 121 Å². The van der Waals surface area contributed by atoms with Crippen LogP contribution in [0.2, 0.25) is 0 Å². The number of carbonyl (C=O) groups is 1. The van der Waals surface area contributed by atoms with E-state index in [1.165, 1.54) is 0 Å². The second-order valence-electron chi connectivity index (χ2n) is 5.50. The zero-order valence-electron chi connectivity index (χ0n) is 10.8. The van der Waals surface area contributed by atoms with Crippen LogP contribution in [0.5, 0.6) is 0 Å². The fourth-order valence-corrected chi connectivity index (χ4v) is 3.34. The summed E-state index contributed by atoms with van der Waals surface area (Å²) < 4.78 is 0.953. The highest BCUT2D eigenvalue weighted by Crippen LogP contribution is 2.35. The Kier molecular flexibility index (Phi) is 4.63. The second-order valence-corrected chi connectivity index (χ2v) is 6.42. The average molecular weight is 327 g/mol. The Morgan fingerprint density at radius 1 is 1.37 bits per heavy atom. The third kappa shape index (κ3) is 4.05. The van der Waals surface area contributed by atoms with E-state index in [4.69, 9.17) is 0 Å². The zero-order chi connectivity index (χ0) is 13.9. The molecule has 2 N–H and O–H groups in total. The first-order valence-electron chi connectivity index (χ1n) is 6.68. The van der Waals surface area contributed by atoms with Crippen LogP contribution >= 0.6 is 15.9 Å². The second kappa shape index (κ2) is 6.06. The molecule has 104 valence electrons. The monoisotopic (exact) mass is 326 g/mol. The lowest BCUT2D eigenvalue weighted by Gasteiger charge is -2.26. The lowest BCUT2D eigenvalue weighted by atomic mass is 9.85. The highest BCUT2D eigenvalue weighted by molar-refractivity contribution is 9.10. The van der Waals surface area contributed by atoms with Gasteiger partial charge in [-0.05, 0) is 43.4 Å². The Hall–Kier alpha value is -0.870. The summed E-state index contributed by atoms with van der Waals surface area (Å²) in [4.78, 5) is 11.4. The molecule has 0 heterocycles. The summed E-state index contributed by atoms with van der Waals surface area (Å²) in [6.07, 6.45) is 4.29. The third-order valence-electron chi connectivity index (χ3n) is 3.88. The summed E-state index contributed by atoms with van der Waals surface area (Å²) >= 11 is 3.39. The molecule has 19 heavy (non-hydrogen) atoms. The van der Waals surface area contributed by atoms with Crippen molar-refractivity contribution in [2.45, 2.75) is 44.1 Å². The van der Waals surface area contributed by atoms with Crippen LogP contribution in [0.4, 0.5) is 0 Å². The van der Waals surface area contributed by atoms with Crippen molar-refractivity contribution in [1.82, 2.24) is 0 Å². The fraction of sp³-hybridized carbons (Fsp3) is 0.533. The van der Waals surface area contributed by atoms with Crippen molar-refractivity contribution in [1.29, 1.82) is 0 Å². The van der Waals surface area contributed by atoms with Crippen LogP contribution < -0.4 is 0 Å². The molecule has 1 atom stereocenters. The van der Waals surface area contributed by atoms with Gasteiger partial charge in [0, 0.05) is 4.47 Å². The molecule has 0 bridgehead atoms. The highest BCUT2D eigenvalue weighted by Gasteiger charge is 2.36. The molecule has 1 aromatic carbocycles. The molecule has 1 saturated carbocycles. The number of benzene rings is 1. The fourth-order valence-electron chi connectivity index (χ4n) is 2.89. The maximum atomic E-state index is 11.4. The molecule has 1 aromatic rings. The van der Waals surface area contributed by atoms with E-state index >= 15 is 0 Å². The molecule has 1 fully saturated rings. The average Bonchev–Trinajstić information content (AvgIpc) is 2.75. The Bertz CT molecular complexity index is 452. The Morgan fingerprint density at radius 3 is 2.63 bits per heavy atom. The molecule has 0 aromatic heterocycles. The largest absolute Gasteiger partial charge is 0.481 e. The van der Waals surface area contributed by atoms with Gasteiger partial charge in [0.25, 0.3) is 0 Å². The summed E-state index contributed by atoms with van der Waals surface area (Å²) in [7, 11) is 0. The van der Waals surface area contributed by atoms with E-state index in [1.54, 1.807) is 0 Å². The van der Waals surface area contributed by atoms with Crippen LogP contribution in [0, 0.1) is 5.92 Å². The van der Waals surface area contributed by atoms with E-state index in [0.717, 1.165) is 35.7 Å². The van der Waals surface area contributed by atoms with Gasteiger partial charge in [-0.3, -0.25) is 4.79 Å². The smallest absolute Gasteiger partial charge is 0.306 e. The lowest BCUT2D eigenvalue weighted by Crippen LogP contribution is -2.32. The van der Waals surface area contributed by atoms with Crippen LogP contribution in [0.25, 0.3) is 0 Å². The molecule has 2 rings (SSSR count). The number of hydrogen-bond donors (Lipinski definition) is 2. The van der Waals surface area contributed by atoms with Crippen molar-refractivity contribution in [2.75, 3.05) is 0 Å². The number of rotatable bonds is 5. The number of aliphatic carboxylic acids is 1. The number of carboxylic acids is 1. The van der Waals surface area contributed by atoms with E-state index in [2.05, 4.69) is 15.9 Å². The van der Waals surface area contributed by atoms with E-state index in [-0.39, 0.29) is 0 Å².